The molecule has 0 fully saturated rings. The molecule has 3 heteroatoms. The number of fused-ring (bicyclic) bond motifs is 2. The van der Waals surface area contributed by atoms with E-state index >= 15 is 0 Å². The summed E-state index contributed by atoms with van der Waals surface area (Å²) in [5, 5.41) is 0.709. The molecule has 2 aromatic carbocycles. The normalized spacial score (nSPS) is 17.7. The van der Waals surface area contributed by atoms with E-state index in [1.165, 1.54) is 0 Å². The third-order valence-electron chi connectivity index (χ3n) is 2.82. The zero-order valence-corrected chi connectivity index (χ0v) is 10.0. The summed E-state index contributed by atoms with van der Waals surface area (Å²) in [4.78, 5) is 1.77. The molecule has 0 saturated carbocycles. The van der Waals surface area contributed by atoms with Crippen molar-refractivity contribution in [3.8, 4) is 0 Å². The Bertz CT molecular complexity index is 592. The van der Waals surface area contributed by atoms with Gasteiger partial charge in [0.2, 0.25) is 0 Å². The van der Waals surface area contributed by atoms with Gasteiger partial charge in [0.15, 0.2) is 0 Å². The van der Waals surface area contributed by atoms with Crippen LogP contribution in [0.1, 0.15) is 11.1 Å². The van der Waals surface area contributed by atoms with Gasteiger partial charge in [0.1, 0.15) is 0 Å². The number of halogens is 1. The van der Waals surface area contributed by atoms with Crippen LogP contribution in [0.2, 0.25) is 5.02 Å². The van der Waals surface area contributed by atoms with E-state index in [0.717, 1.165) is 27.3 Å². The third-order valence-corrected chi connectivity index (χ3v) is 4.75. The molecule has 0 radical (unpaired) electrons. The van der Waals surface area contributed by atoms with E-state index in [1.54, 1.807) is 0 Å². The number of hydrogen-bond acceptors (Lipinski definition) is 1. The van der Waals surface area contributed by atoms with Gasteiger partial charge in [-0.3, -0.25) is 0 Å². The molecule has 1 aliphatic rings. The number of rotatable bonds is 0. The average molecular weight is 249 g/mol. The Kier molecular flexibility index (Phi) is 2.34. The Morgan fingerprint density at radius 1 is 1.00 bits per heavy atom. The molecule has 0 saturated heterocycles. The van der Waals surface area contributed by atoms with E-state index in [0.29, 0.717) is 5.02 Å². The Morgan fingerprint density at radius 3 is 2.62 bits per heavy atom. The largest absolute Gasteiger partial charge is 0.249 e. The molecule has 2 aromatic rings. The van der Waals surface area contributed by atoms with Gasteiger partial charge in [0.05, 0.1) is 10.8 Å². The predicted molar refractivity (Wildman–Crippen MR) is 65.4 cm³/mol. The minimum Gasteiger partial charge on any atom is -0.249 e. The molecule has 3 rings (SSSR count). The van der Waals surface area contributed by atoms with Crippen molar-refractivity contribution in [2.24, 2.45) is 0 Å². The van der Waals surface area contributed by atoms with Crippen molar-refractivity contribution in [3.05, 3.63) is 58.6 Å². The van der Waals surface area contributed by atoms with Crippen LogP contribution in [0.15, 0.2) is 52.3 Å². The maximum atomic E-state index is 12.3. The quantitative estimate of drug-likeness (QED) is 0.596. The molecular formula is C13H9ClOS. The van der Waals surface area contributed by atoms with Gasteiger partial charge in [-0.05, 0) is 29.3 Å². The summed E-state index contributed by atoms with van der Waals surface area (Å²) < 4.78 is 12.3. The van der Waals surface area contributed by atoms with Crippen molar-refractivity contribution >= 4 is 22.4 Å². The summed E-state index contributed by atoms with van der Waals surface area (Å²) >= 11 is 6.14. The molecule has 0 aromatic heterocycles. The van der Waals surface area contributed by atoms with E-state index < -0.39 is 10.8 Å². The summed E-state index contributed by atoms with van der Waals surface area (Å²) in [6.07, 6.45) is 0.775. The zero-order chi connectivity index (χ0) is 11.1. The third kappa shape index (κ3) is 1.41. The molecule has 1 nitrogen and oxygen atoms in total. The smallest absolute Gasteiger partial charge is 0.0855 e. The van der Waals surface area contributed by atoms with Gasteiger partial charge in [-0.2, -0.15) is 0 Å². The Labute approximate surface area is 102 Å². The second kappa shape index (κ2) is 3.72. The first-order valence-electron chi connectivity index (χ1n) is 5.04. The van der Waals surface area contributed by atoms with Crippen molar-refractivity contribution in [1.29, 1.82) is 0 Å². The maximum Gasteiger partial charge on any atom is 0.0855 e. The average Bonchev–Trinajstić information content (AvgIpc) is 2.31. The van der Waals surface area contributed by atoms with Crippen molar-refractivity contribution in [3.63, 3.8) is 0 Å². The fraction of sp³-hybridized carbons (Fsp3) is 0.0769. The van der Waals surface area contributed by atoms with Crippen LogP contribution in [0.3, 0.4) is 0 Å². The standard InChI is InChI=1S/C13H9ClOS/c14-11-5-3-7-13-10(11)8-9-4-1-2-6-12(9)16(13)15/h1-7H,8H2. The first-order valence-corrected chi connectivity index (χ1v) is 6.57. The highest BCUT2D eigenvalue weighted by Gasteiger charge is 2.22. The first-order chi connectivity index (χ1) is 7.77. The Morgan fingerprint density at radius 2 is 1.75 bits per heavy atom. The van der Waals surface area contributed by atoms with Crippen LogP contribution in [-0.4, -0.2) is 4.21 Å². The number of benzene rings is 2. The monoisotopic (exact) mass is 248 g/mol. The molecule has 1 heterocycles. The van der Waals surface area contributed by atoms with Gasteiger partial charge in [-0.25, -0.2) is 4.21 Å². The summed E-state index contributed by atoms with van der Waals surface area (Å²) in [7, 11) is -1.08. The van der Waals surface area contributed by atoms with Crippen LogP contribution in [0.4, 0.5) is 0 Å². The summed E-state index contributed by atoms with van der Waals surface area (Å²) in [5.41, 5.74) is 2.11. The highest BCUT2D eigenvalue weighted by atomic mass is 35.5. The molecule has 0 amide bonds. The van der Waals surface area contributed by atoms with Gasteiger partial charge in [-0.1, -0.05) is 35.9 Å². The molecule has 0 bridgehead atoms. The molecule has 1 aliphatic heterocycles. The Hall–Kier alpha value is -1.12. The van der Waals surface area contributed by atoms with Crippen LogP contribution < -0.4 is 0 Å². The maximum absolute atomic E-state index is 12.3. The second-order valence-corrected chi connectivity index (χ2v) is 5.59. The molecule has 0 spiro atoms. The van der Waals surface area contributed by atoms with Crippen LogP contribution in [0.25, 0.3) is 0 Å². The topological polar surface area (TPSA) is 17.1 Å². The van der Waals surface area contributed by atoms with E-state index in [9.17, 15) is 4.21 Å². The van der Waals surface area contributed by atoms with Crippen LogP contribution in [-0.2, 0) is 17.2 Å². The summed E-state index contributed by atoms with van der Waals surface area (Å²) in [6.45, 7) is 0. The highest BCUT2D eigenvalue weighted by Crippen LogP contribution is 2.34. The molecule has 1 atom stereocenters. The molecule has 1 unspecified atom stereocenters. The highest BCUT2D eigenvalue weighted by molar-refractivity contribution is 7.85. The predicted octanol–water partition coefficient (Wildman–Crippen LogP) is 3.41. The second-order valence-electron chi connectivity index (χ2n) is 3.77. The lowest BCUT2D eigenvalue weighted by molar-refractivity contribution is 0.679. The van der Waals surface area contributed by atoms with E-state index in [1.807, 2.05) is 42.5 Å². The molecular weight excluding hydrogens is 240 g/mol. The molecule has 80 valence electrons. The lowest BCUT2D eigenvalue weighted by Gasteiger charge is -2.19. The van der Waals surface area contributed by atoms with Crippen molar-refractivity contribution in [2.45, 2.75) is 16.2 Å². The van der Waals surface area contributed by atoms with Crippen molar-refractivity contribution in [2.75, 3.05) is 0 Å². The van der Waals surface area contributed by atoms with Crippen molar-refractivity contribution < 1.29 is 4.21 Å². The SMILES string of the molecule is O=S1c2ccccc2Cc2c(Cl)cccc21. The van der Waals surface area contributed by atoms with Gasteiger partial charge >= 0.3 is 0 Å². The lowest BCUT2D eigenvalue weighted by atomic mass is 10.0. The van der Waals surface area contributed by atoms with Crippen LogP contribution in [0.5, 0.6) is 0 Å². The van der Waals surface area contributed by atoms with Gasteiger partial charge in [-0.15, -0.1) is 0 Å². The molecule has 0 N–H and O–H groups in total. The van der Waals surface area contributed by atoms with Crippen LogP contribution in [0, 0.1) is 0 Å². The van der Waals surface area contributed by atoms with E-state index in [-0.39, 0.29) is 0 Å². The fourth-order valence-electron chi connectivity index (χ4n) is 2.02. The van der Waals surface area contributed by atoms with E-state index in [2.05, 4.69) is 0 Å². The first kappa shape index (κ1) is 10.1. The lowest BCUT2D eigenvalue weighted by Crippen LogP contribution is -2.09. The molecule has 16 heavy (non-hydrogen) atoms. The van der Waals surface area contributed by atoms with Crippen LogP contribution >= 0.6 is 11.6 Å². The minimum atomic E-state index is -1.08. The van der Waals surface area contributed by atoms with Crippen molar-refractivity contribution in [1.82, 2.24) is 0 Å². The Balaban J connectivity index is 2.26. The fourth-order valence-corrected chi connectivity index (χ4v) is 3.75. The number of hydrogen-bond donors (Lipinski definition) is 0. The van der Waals surface area contributed by atoms with E-state index in [4.69, 9.17) is 11.6 Å². The van der Waals surface area contributed by atoms with Gasteiger partial charge < -0.3 is 0 Å². The zero-order valence-electron chi connectivity index (χ0n) is 8.44. The molecule has 0 aliphatic carbocycles. The van der Waals surface area contributed by atoms with Gasteiger partial charge in [0.25, 0.3) is 0 Å². The summed E-state index contributed by atoms with van der Waals surface area (Å²) in [5.74, 6) is 0. The van der Waals surface area contributed by atoms with Gasteiger partial charge in [0, 0.05) is 21.2 Å². The minimum absolute atomic E-state index is 0.709. The summed E-state index contributed by atoms with van der Waals surface area (Å²) in [6, 6.07) is 13.4.